The largest absolute Gasteiger partial charge is 0.398 e. The number of hydrogen-bond acceptors (Lipinski definition) is 4. The molecule has 0 saturated carbocycles. The zero-order valence-corrected chi connectivity index (χ0v) is 15.5. The Morgan fingerprint density at radius 1 is 0.893 bits per heavy atom. The first kappa shape index (κ1) is 19.5. The van der Waals surface area contributed by atoms with Gasteiger partial charge in [-0.05, 0) is 46.5 Å². The minimum atomic E-state index is -3.64. The number of nitrogen functional groups attached to an aromatic ring is 1. The lowest BCUT2D eigenvalue weighted by Gasteiger charge is -2.14. The van der Waals surface area contributed by atoms with E-state index in [0.29, 0.717) is 27.8 Å². The van der Waals surface area contributed by atoms with Crippen LogP contribution in [0.4, 0.5) is 10.1 Å². The van der Waals surface area contributed by atoms with E-state index in [9.17, 15) is 17.6 Å². The summed E-state index contributed by atoms with van der Waals surface area (Å²) in [7, 11) is -3.64. The monoisotopic (exact) mass is 399 g/mol. The zero-order valence-electron chi connectivity index (χ0n) is 14.7. The number of carbonyl (C=O) groups excluding carboxylic acids is 1. The number of anilines is 1. The summed E-state index contributed by atoms with van der Waals surface area (Å²) < 4.78 is 35.7. The summed E-state index contributed by atoms with van der Waals surface area (Å²) >= 11 is 0. The normalized spacial score (nSPS) is 11.4. The van der Waals surface area contributed by atoms with Crippen LogP contribution in [0.3, 0.4) is 0 Å². The number of primary amides is 1. The summed E-state index contributed by atoms with van der Waals surface area (Å²) in [6, 6.07) is 15.7. The molecule has 0 heterocycles. The maximum absolute atomic E-state index is 13.2. The van der Waals surface area contributed by atoms with Crippen LogP contribution < -0.4 is 16.6 Å². The molecule has 3 rings (SSSR count). The molecule has 0 fully saturated rings. The maximum atomic E-state index is 13.2. The lowest BCUT2D eigenvalue weighted by molar-refractivity contribution is 0.100. The molecule has 0 radical (unpaired) electrons. The number of halogens is 1. The molecule has 3 aromatic carbocycles. The third-order valence-electron chi connectivity index (χ3n) is 4.26. The molecule has 8 heteroatoms. The van der Waals surface area contributed by atoms with Gasteiger partial charge in [0, 0.05) is 5.56 Å². The third-order valence-corrected chi connectivity index (χ3v) is 4.99. The molecule has 0 aliphatic rings. The van der Waals surface area contributed by atoms with E-state index in [4.69, 9.17) is 16.6 Å². The lowest BCUT2D eigenvalue weighted by Crippen LogP contribution is -2.15. The average Bonchev–Trinajstić information content (AvgIpc) is 2.62. The van der Waals surface area contributed by atoms with Crippen LogP contribution in [0, 0.1) is 5.82 Å². The lowest BCUT2D eigenvalue weighted by atomic mass is 9.93. The molecular formula is C20H18FN3O3S. The number of primary sulfonamides is 1. The second-order valence-electron chi connectivity index (χ2n) is 6.36. The fraction of sp³-hybridized carbons (Fsp3) is 0.0500. The summed E-state index contributed by atoms with van der Waals surface area (Å²) in [5.41, 5.74) is 15.0. The maximum Gasteiger partial charge on any atom is 0.250 e. The van der Waals surface area contributed by atoms with Gasteiger partial charge in [0.1, 0.15) is 5.82 Å². The van der Waals surface area contributed by atoms with Crippen LogP contribution in [0.5, 0.6) is 0 Å². The van der Waals surface area contributed by atoms with Gasteiger partial charge in [-0.15, -0.1) is 0 Å². The van der Waals surface area contributed by atoms with Gasteiger partial charge in [-0.3, -0.25) is 4.79 Å². The topological polar surface area (TPSA) is 129 Å². The highest BCUT2D eigenvalue weighted by atomic mass is 32.2. The molecule has 0 saturated heterocycles. The smallest absolute Gasteiger partial charge is 0.250 e. The number of sulfonamides is 1. The SMILES string of the molecule is NC(=O)c1cc(-c2ccc(F)cc2)cc(-c2ccc(CS(N)(=O)=O)cc2)c1N. The molecule has 6 N–H and O–H groups in total. The first-order chi connectivity index (χ1) is 13.1. The molecule has 0 bridgehead atoms. The highest BCUT2D eigenvalue weighted by molar-refractivity contribution is 7.88. The Morgan fingerprint density at radius 3 is 2.00 bits per heavy atom. The second kappa shape index (κ2) is 7.41. The Labute approximate surface area is 161 Å². The van der Waals surface area contributed by atoms with E-state index in [1.54, 1.807) is 48.5 Å². The Hall–Kier alpha value is -3.23. The van der Waals surface area contributed by atoms with Gasteiger partial charge in [-0.1, -0.05) is 36.4 Å². The van der Waals surface area contributed by atoms with E-state index in [0.717, 1.165) is 0 Å². The van der Waals surface area contributed by atoms with Crippen molar-refractivity contribution in [2.75, 3.05) is 5.73 Å². The zero-order chi connectivity index (χ0) is 20.5. The molecule has 0 unspecified atom stereocenters. The quantitative estimate of drug-likeness (QED) is 0.569. The molecule has 0 aliphatic heterocycles. The molecule has 0 aliphatic carbocycles. The van der Waals surface area contributed by atoms with Gasteiger partial charge < -0.3 is 11.5 Å². The number of carbonyl (C=O) groups is 1. The van der Waals surface area contributed by atoms with Crippen LogP contribution in [0.25, 0.3) is 22.3 Å². The minimum Gasteiger partial charge on any atom is -0.398 e. The van der Waals surface area contributed by atoms with Crippen LogP contribution in [0.1, 0.15) is 15.9 Å². The Bertz CT molecular complexity index is 1140. The van der Waals surface area contributed by atoms with E-state index in [-0.39, 0.29) is 22.8 Å². The summed E-state index contributed by atoms with van der Waals surface area (Å²) in [6.07, 6.45) is 0. The van der Waals surface area contributed by atoms with Gasteiger partial charge in [-0.2, -0.15) is 0 Å². The Kier molecular flexibility index (Phi) is 5.17. The highest BCUT2D eigenvalue weighted by Crippen LogP contribution is 2.34. The average molecular weight is 399 g/mol. The van der Waals surface area contributed by atoms with Crippen LogP contribution in [0.2, 0.25) is 0 Å². The van der Waals surface area contributed by atoms with Crippen LogP contribution in [0.15, 0.2) is 60.7 Å². The van der Waals surface area contributed by atoms with Crippen molar-refractivity contribution in [3.05, 3.63) is 77.6 Å². The van der Waals surface area contributed by atoms with E-state index in [2.05, 4.69) is 0 Å². The summed E-state index contributed by atoms with van der Waals surface area (Å²) in [6.45, 7) is 0. The van der Waals surface area contributed by atoms with Gasteiger partial charge in [-0.25, -0.2) is 17.9 Å². The van der Waals surface area contributed by atoms with E-state index < -0.39 is 15.9 Å². The summed E-state index contributed by atoms with van der Waals surface area (Å²) in [4.78, 5) is 11.9. The fourth-order valence-corrected chi connectivity index (χ4v) is 3.57. The molecule has 0 atom stereocenters. The predicted molar refractivity (Wildman–Crippen MR) is 107 cm³/mol. The predicted octanol–water partition coefficient (Wildman–Crippen LogP) is 2.63. The third kappa shape index (κ3) is 4.36. The Balaban J connectivity index is 2.11. The molecule has 3 aromatic rings. The number of benzene rings is 3. The van der Waals surface area contributed by atoms with Crippen molar-refractivity contribution in [2.45, 2.75) is 5.75 Å². The van der Waals surface area contributed by atoms with Crippen LogP contribution >= 0.6 is 0 Å². The first-order valence-corrected chi connectivity index (χ1v) is 9.94. The molecule has 6 nitrogen and oxygen atoms in total. The van der Waals surface area contributed by atoms with Gasteiger partial charge in [0.2, 0.25) is 10.0 Å². The standard InChI is InChI=1S/C20H18FN3O3S/c21-16-7-5-13(6-8-16)15-9-17(19(22)18(10-15)20(23)25)14-3-1-12(2-4-14)11-28(24,26)27/h1-10H,11,22H2,(H2,23,25)(H2,24,26,27). The number of nitrogens with two attached hydrogens (primary N) is 3. The fourth-order valence-electron chi connectivity index (χ4n) is 2.92. The number of hydrogen-bond donors (Lipinski definition) is 3. The minimum absolute atomic E-state index is 0.144. The van der Waals surface area contributed by atoms with E-state index in [1.807, 2.05) is 0 Å². The number of amides is 1. The number of rotatable bonds is 5. The van der Waals surface area contributed by atoms with Crippen molar-refractivity contribution in [1.29, 1.82) is 0 Å². The summed E-state index contributed by atoms with van der Waals surface area (Å²) in [5, 5.41) is 5.06. The van der Waals surface area contributed by atoms with Crippen molar-refractivity contribution in [1.82, 2.24) is 0 Å². The van der Waals surface area contributed by atoms with Crippen molar-refractivity contribution < 1.29 is 17.6 Å². The molecule has 0 spiro atoms. The highest BCUT2D eigenvalue weighted by Gasteiger charge is 2.15. The van der Waals surface area contributed by atoms with Crippen LogP contribution in [-0.4, -0.2) is 14.3 Å². The van der Waals surface area contributed by atoms with E-state index >= 15 is 0 Å². The van der Waals surface area contributed by atoms with Crippen molar-refractivity contribution in [2.24, 2.45) is 10.9 Å². The second-order valence-corrected chi connectivity index (χ2v) is 7.97. The van der Waals surface area contributed by atoms with Gasteiger partial charge in [0.25, 0.3) is 5.91 Å². The molecular weight excluding hydrogens is 381 g/mol. The Morgan fingerprint density at radius 2 is 1.46 bits per heavy atom. The van der Waals surface area contributed by atoms with Crippen molar-refractivity contribution in [3.8, 4) is 22.3 Å². The summed E-state index contributed by atoms with van der Waals surface area (Å²) in [5.74, 6) is -1.35. The van der Waals surface area contributed by atoms with E-state index in [1.165, 1.54) is 12.1 Å². The molecule has 0 aromatic heterocycles. The molecule has 144 valence electrons. The molecule has 28 heavy (non-hydrogen) atoms. The van der Waals surface area contributed by atoms with Gasteiger partial charge in [0.05, 0.1) is 17.0 Å². The first-order valence-electron chi connectivity index (χ1n) is 8.23. The van der Waals surface area contributed by atoms with Gasteiger partial charge in [0.15, 0.2) is 0 Å². The van der Waals surface area contributed by atoms with Crippen molar-refractivity contribution >= 4 is 21.6 Å². The molecule has 1 amide bonds. The van der Waals surface area contributed by atoms with Crippen molar-refractivity contribution in [3.63, 3.8) is 0 Å². The van der Waals surface area contributed by atoms with Crippen LogP contribution in [-0.2, 0) is 15.8 Å². The van der Waals surface area contributed by atoms with Gasteiger partial charge >= 0.3 is 0 Å².